The summed E-state index contributed by atoms with van der Waals surface area (Å²) in [6.45, 7) is 6.86. The fraction of sp³-hybridized carbons (Fsp3) is 0.571. The Kier molecular flexibility index (Phi) is 7.36. The fourth-order valence-corrected chi connectivity index (χ4v) is 3.62. The van der Waals surface area contributed by atoms with Crippen molar-refractivity contribution in [3.8, 4) is 0 Å². The van der Waals surface area contributed by atoms with Crippen molar-refractivity contribution in [2.45, 2.75) is 78.3 Å². The van der Waals surface area contributed by atoms with Crippen LogP contribution in [0.15, 0.2) is 41.3 Å². The van der Waals surface area contributed by atoms with Gasteiger partial charge in [0.2, 0.25) is 0 Å². The van der Waals surface area contributed by atoms with Crippen molar-refractivity contribution in [3.63, 3.8) is 0 Å². The van der Waals surface area contributed by atoms with Gasteiger partial charge in [0.05, 0.1) is 6.54 Å². The van der Waals surface area contributed by atoms with Gasteiger partial charge in [-0.05, 0) is 24.8 Å². The summed E-state index contributed by atoms with van der Waals surface area (Å²) < 4.78 is 4.00. The van der Waals surface area contributed by atoms with Gasteiger partial charge in [-0.2, -0.15) is 0 Å². The third-order valence-electron chi connectivity index (χ3n) is 4.71. The molecule has 132 valence electrons. The average Bonchev–Trinajstić information content (AvgIpc) is 2.94. The normalized spacial score (nSPS) is 15.0. The van der Waals surface area contributed by atoms with Gasteiger partial charge in [0, 0.05) is 17.9 Å². The molecule has 0 atom stereocenters. The zero-order valence-corrected chi connectivity index (χ0v) is 15.5. The molecule has 1 aromatic carbocycles. The van der Waals surface area contributed by atoms with Crippen LogP contribution in [0.2, 0.25) is 0 Å². The van der Waals surface area contributed by atoms with Gasteiger partial charge in [0.25, 0.3) is 0 Å². The second-order valence-corrected chi connectivity index (χ2v) is 6.43. The summed E-state index contributed by atoms with van der Waals surface area (Å²) in [5.74, 6) is 0. The molecule has 1 heterocycles. The molecule has 0 saturated heterocycles. The second-order valence-electron chi connectivity index (χ2n) is 6.43. The maximum atomic E-state index is 12.9. The number of imidazole rings is 1. The van der Waals surface area contributed by atoms with Crippen molar-refractivity contribution in [1.82, 2.24) is 9.13 Å². The van der Waals surface area contributed by atoms with E-state index < -0.39 is 0 Å². The average molecular weight is 329 g/mol. The highest BCUT2D eigenvalue weighted by atomic mass is 16.1. The monoisotopic (exact) mass is 328 g/mol. The molecule has 0 unspecified atom stereocenters. The van der Waals surface area contributed by atoms with Crippen LogP contribution in [0, 0.1) is 0 Å². The van der Waals surface area contributed by atoms with Crippen LogP contribution in [0.1, 0.15) is 76.6 Å². The number of benzene rings is 1. The summed E-state index contributed by atoms with van der Waals surface area (Å²) in [5, 5.41) is 0. The summed E-state index contributed by atoms with van der Waals surface area (Å²) in [6.07, 6.45) is 10.3. The number of nitrogens with zero attached hydrogens (tertiary/aromatic N) is 2. The van der Waals surface area contributed by atoms with E-state index in [1.807, 2.05) is 36.6 Å². The molecule has 0 radical (unpaired) electrons. The minimum atomic E-state index is 0.180. The summed E-state index contributed by atoms with van der Waals surface area (Å²) in [5.41, 5.74) is 2.59. The number of rotatable bonds is 5. The molecule has 24 heavy (non-hydrogen) atoms. The van der Waals surface area contributed by atoms with Crippen LogP contribution >= 0.6 is 0 Å². The highest BCUT2D eigenvalue weighted by molar-refractivity contribution is 5.16. The van der Waals surface area contributed by atoms with Crippen LogP contribution in [0.5, 0.6) is 0 Å². The molecule has 1 fully saturated rings. The number of hydrogen-bond donors (Lipinski definition) is 0. The van der Waals surface area contributed by atoms with Gasteiger partial charge < -0.3 is 0 Å². The molecular weight excluding hydrogens is 296 g/mol. The summed E-state index contributed by atoms with van der Waals surface area (Å²) in [6, 6.07) is 10.7. The SMILES string of the molecule is CC.CCCc1cn(Cc2ccccc2)c(=O)n1C1CCCCC1. The van der Waals surface area contributed by atoms with E-state index in [4.69, 9.17) is 0 Å². The maximum absolute atomic E-state index is 12.9. The summed E-state index contributed by atoms with van der Waals surface area (Å²) in [4.78, 5) is 12.9. The maximum Gasteiger partial charge on any atom is 0.328 e. The molecule has 0 aliphatic heterocycles. The van der Waals surface area contributed by atoms with Gasteiger partial charge in [0.15, 0.2) is 0 Å². The zero-order valence-electron chi connectivity index (χ0n) is 15.5. The van der Waals surface area contributed by atoms with E-state index in [-0.39, 0.29) is 5.69 Å². The van der Waals surface area contributed by atoms with Crippen molar-refractivity contribution in [2.75, 3.05) is 0 Å². The van der Waals surface area contributed by atoms with Crippen molar-refractivity contribution in [1.29, 1.82) is 0 Å². The van der Waals surface area contributed by atoms with Gasteiger partial charge in [-0.3, -0.25) is 9.13 Å². The molecule has 3 rings (SSSR count). The lowest BCUT2D eigenvalue weighted by atomic mass is 9.95. The van der Waals surface area contributed by atoms with Gasteiger partial charge in [-0.1, -0.05) is 76.8 Å². The number of aromatic nitrogens is 2. The van der Waals surface area contributed by atoms with E-state index in [0.717, 1.165) is 25.7 Å². The zero-order chi connectivity index (χ0) is 17.4. The van der Waals surface area contributed by atoms with Crippen LogP contribution in [0.3, 0.4) is 0 Å². The Bertz CT molecular complexity index is 648. The lowest BCUT2D eigenvalue weighted by Gasteiger charge is -2.24. The molecule has 3 heteroatoms. The van der Waals surface area contributed by atoms with E-state index in [0.29, 0.717) is 12.6 Å². The lowest BCUT2D eigenvalue weighted by Crippen LogP contribution is -2.29. The molecular formula is C21H32N2O. The standard InChI is InChI=1S/C19H26N2O.C2H6/c1-2-9-18-15-20(14-16-10-5-3-6-11-16)19(22)21(18)17-12-7-4-8-13-17;1-2/h3,5-6,10-11,15,17H,2,4,7-9,12-14H2,1H3;1-2H3. The lowest BCUT2D eigenvalue weighted by molar-refractivity contribution is 0.337. The minimum Gasteiger partial charge on any atom is -0.295 e. The molecule has 0 N–H and O–H groups in total. The van der Waals surface area contributed by atoms with Crippen LogP contribution in [0.4, 0.5) is 0 Å². The molecule has 0 bridgehead atoms. The van der Waals surface area contributed by atoms with Crippen molar-refractivity contribution >= 4 is 0 Å². The first-order valence-corrected chi connectivity index (χ1v) is 9.64. The second kappa shape index (κ2) is 9.51. The highest BCUT2D eigenvalue weighted by Gasteiger charge is 2.21. The Balaban J connectivity index is 0.00000100. The Morgan fingerprint density at radius 1 is 1.04 bits per heavy atom. The molecule has 1 aliphatic rings. The smallest absolute Gasteiger partial charge is 0.295 e. The molecule has 1 aromatic heterocycles. The predicted molar refractivity (Wildman–Crippen MR) is 102 cm³/mol. The van der Waals surface area contributed by atoms with Gasteiger partial charge in [-0.15, -0.1) is 0 Å². The Labute approximate surface area is 146 Å². The quantitative estimate of drug-likeness (QED) is 0.742. The number of aryl methyl sites for hydroxylation is 1. The first-order valence-electron chi connectivity index (χ1n) is 9.64. The van der Waals surface area contributed by atoms with E-state index in [1.54, 1.807) is 0 Å². The molecule has 3 nitrogen and oxygen atoms in total. The van der Waals surface area contributed by atoms with E-state index >= 15 is 0 Å². The summed E-state index contributed by atoms with van der Waals surface area (Å²) >= 11 is 0. The Hall–Kier alpha value is -1.77. The van der Waals surface area contributed by atoms with Crippen LogP contribution in [-0.2, 0) is 13.0 Å². The molecule has 1 aliphatic carbocycles. The first-order chi connectivity index (χ1) is 11.8. The molecule has 2 aromatic rings. The van der Waals surface area contributed by atoms with Gasteiger partial charge in [-0.25, -0.2) is 4.79 Å². The van der Waals surface area contributed by atoms with E-state index in [1.165, 1.54) is 30.5 Å². The van der Waals surface area contributed by atoms with Crippen molar-refractivity contribution in [3.05, 3.63) is 58.3 Å². The third-order valence-corrected chi connectivity index (χ3v) is 4.71. The van der Waals surface area contributed by atoms with E-state index in [9.17, 15) is 4.79 Å². The summed E-state index contributed by atoms with van der Waals surface area (Å²) in [7, 11) is 0. The van der Waals surface area contributed by atoms with Crippen molar-refractivity contribution in [2.24, 2.45) is 0 Å². The largest absolute Gasteiger partial charge is 0.328 e. The van der Waals surface area contributed by atoms with Crippen molar-refractivity contribution < 1.29 is 0 Å². The fourth-order valence-electron chi connectivity index (χ4n) is 3.62. The minimum absolute atomic E-state index is 0.180. The van der Waals surface area contributed by atoms with Crippen LogP contribution in [0.25, 0.3) is 0 Å². The van der Waals surface area contributed by atoms with Gasteiger partial charge in [0.1, 0.15) is 0 Å². The Morgan fingerprint density at radius 3 is 2.33 bits per heavy atom. The highest BCUT2D eigenvalue weighted by Crippen LogP contribution is 2.28. The first kappa shape index (κ1) is 18.6. The van der Waals surface area contributed by atoms with E-state index in [2.05, 4.69) is 29.8 Å². The molecule has 0 amide bonds. The van der Waals surface area contributed by atoms with Crippen LogP contribution < -0.4 is 5.69 Å². The third kappa shape index (κ3) is 4.40. The molecule has 0 spiro atoms. The number of hydrogen-bond acceptors (Lipinski definition) is 1. The molecule has 1 saturated carbocycles. The van der Waals surface area contributed by atoms with Gasteiger partial charge >= 0.3 is 5.69 Å². The van der Waals surface area contributed by atoms with Crippen LogP contribution in [-0.4, -0.2) is 9.13 Å². The predicted octanol–water partition coefficient (Wildman–Crippen LogP) is 5.18. The Morgan fingerprint density at radius 2 is 1.71 bits per heavy atom. The topological polar surface area (TPSA) is 26.9 Å².